The Labute approximate surface area is 294 Å². The molecule has 1 saturated carbocycles. The molecule has 6 rings (SSSR count). The Kier molecular flexibility index (Phi) is 10.5. The summed E-state index contributed by atoms with van der Waals surface area (Å²) in [6.07, 6.45) is 7.77. The van der Waals surface area contributed by atoms with Crippen molar-refractivity contribution in [2.75, 3.05) is 71.9 Å². The normalized spacial score (nSPS) is 16.9. The predicted molar refractivity (Wildman–Crippen MR) is 188 cm³/mol. The number of fused-ring (bicyclic) bond motifs is 1. The maximum Gasteiger partial charge on any atom is 0.257 e. The van der Waals surface area contributed by atoms with Crippen LogP contribution < -0.4 is 14.4 Å². The number of carbonyl (C=O) groups excluding carboxylic acids is 2. The van der Waals surface area contributed by atoms with Crippen molar-refractivity contribution in [3.63, 3.8) is 0 Å². The van der Waals surface area contributed by atoms with Crippen molar-refractivity contribution in [2.24, 2.45) is 5.41 Å². The third-order valence-electron chi connectivity index (χ3n) is 10.0. The lowest BCUT2D eigenvalue weighted by molar-refractivity contribution is -0.130. The fourth-order valence-electron chi connectivity index (χ4n) is 7.31. The summed E-state index contributed by atoms with van der Waals surface area (Å²) in [4.78, 5) is 49.0. The van der Waals surface area contributed by atoms with Crippen LogP contribution in [0.5, 0.6) is 17.2 Å². The lowest BCUT2D eigenvalue weighted by Crippen LogP contribution is -2.65. The molecule has 3 aliphatic rings. The number of nitrogens with zero attached hydrogens (tertiary/aromatic N) is 8. The molecule has 1 spiro atoms. The quantitative estimate of drug-likeness (QED) is 0.261. The highest BCUT2D eigenvalue weighted by Gasteiger charge is 2.54. The Bertz CT molecular complexity index is 1690. The standard InChI is InChI=1S/C37H49FN8O4/c1-7-46(25(2)3)36(48)28-16-26(38)8-9-31(28)50-33-19-39-24-41-35(33)45-22-37(23-45)17-27(18-37)49-32-10-12-40-30-11-13-44(20-29(30)32)15-14-43(6)34(47)21-42(4)5/h8-10,12,16,19,24-25,27H,7,11,13-15,17-18,20-23H2,1-6H3. The average molecular weight is 689 g/mol. The van der Waals surface area contributed by atoms with Gasteiger partial charge < -0.3 is 29.1 Å². The summed E-state index contributed by atoms with van der Waals surface area (Å²) in [6, 6.07) is 5.94. The second-order valence-corrected chi connectivity index (χ2v) is 14.5. The fraction of sp³-hybridized carbons (Fsp3) is 0.541. The minimum absolute atomic E-state index is 0.0474. The van der Waals surface area contributed by atoms with E-state index in [-0.39, 0.29) is 40.7 Å². The van der Waals surface area contributed by atoms with Crippen molar-refractivity contribution in [1.82, 2.24) is 34.6 Å². The Morgan fingerprint density at radius 2 is 1.86 bits per heavy atom. The molecule has 1 aliphatic carbocycles. The number of ether oxygens (including phenoxy) is 2. The van der Waals surface area contributed by atoms with Crippen molar-refractivity contribution in [1.29, 1.82) is 0 Å². The average Bonchev–Trinajstić information content (AvgIpc) is 3.05. The zero-order valence-electron chi connectivity index (χ0n) is 30.1. The molecule has 2 fully saturated rings. The molecule has 0 unspecified atom stereocenters. The molecule has 1 saturated heterocycles. The summed E-state index contributed by atoms with van der Waals surface area (Å²) in [5.74, 6) is 1.56. The molecule has 268 valence electrons. The van der Waals surface area contributed by atoms with Crippen LogP contribution in [0, 0.1) is 11.2 Å². The third-order valence-corrected chi connectivity index (χ3v) is 10.0. The number of pyridine rings is 1. The summed E-state index contributed by atoms with van der Waals surface area (Å²) in [6.45, 7) is 11.4. The molecule has 0 N–H and O–H groups in total. The zero-order valence-corrected chi connectivity index (χ0v) is 30.1. The van der Waals surface area contributed by atoms with Crippen LogP contribution in [0.1, 0.15) is 55.2 Å². The van der Waals surface area contributed by atoms with Crippen LogP contribution in [0.4, 0.5) is 10.2 Å². The van der Waals surface area contributed by atoms with Gasteiger partial charge >= 0.3 is 0 Å². The van der Waals surface area contributed by atoms with E-state index >= 15 is 0 Å². The number of benzene rings is 1. The minimum atomic E-state index is -0.502. The van der Waals surface area contributed by atoms with Crippen molar-refractivity contribution >= 4 is 17.6 Å². The van der Waals surface area contributed by atoms with E-state index in [1.807, 2.05) is 59.1 Å². The number of likely N-dealkylation sites (N-methyl/N-ethyl adjacent to an activating group) is 2. The summed E-state index contributed by atoms with van der Waals surface area (Å²) in [5.41, 5.74) is 2.53. The van der Waals surface area contributed by atoms with Crippen LogP contribution in [0.2, 0.25) is 0 Å². The second kappa shape index (κ2) is 14.9. The lowest BCUT2D eigenvalue weighted by atomic mass is 9.61. The molecule has 2 aliphatic heterocycles. The third kappa shape index (κ3) is 7.68. The van der Waals surface area contributed by atoms with Gasteiger partial charge in [-0.3, -0.25) is 19.5 Å². The van der Waals surface area contributed by atoms with Gasteiger partial charge in [-0.15, -0.1) is 0 Å². The monoisotopic (exact) mass is 688 g/mol. The number of rotatable bonds is 13. The molecule has 13 heteroatoms. The van der Waals surface area contributed by atoms with Gasteiger partial charge in [0, 0.05) is 88.2 Å². The number of carbonyl (C=O) groups is 2. The van der Waals surface area contributed by atoms with Crippen molar-refractivity contribution in [3.05, 3.63) is 65.6 Å². The van der Waals surface area contributed by atoms with Crippen molar-refractivity contribution in [2.45, 2.75) is 58.7 Å². The van der Waals surface area contributed by atoms with Gasteiger partial charge in [-0.05, 0) is 72.0 Å². The molecule has 0 radical (unpaired) electrons. The first-order valence-electron chi connectivity index (χ1n) is 17.5. The van der Waals surface area contributed by atoms with E-state index in [0.717, 1.165) is 69.0 Å². The Morgan fingerprint density at radius 3 is 2.58 bits per heavy atom. The first-order chi connectivity index (χ1) is 23.9. The fourth-order valence-corrected chi connectivity index (χ4v) is 7.31. The maximum atomic E-state index is 14.3. The van der Waals surface area contributed by atoms with Crippen LogP contribution in [-0.2, 0) is 17.8 Å². The molecular weight excluding hydrogens is 639 g/mol. The number of hydrogen-bond acceptors (Lipinski definition) is 10. The first-order valence-corrected chi connectivity index (χ1v) is 17.5. The largest absolute Gasteiger partial charge is 0.490 e. The number of aromatic nitrogens is 3. The molecule has 2 amide bonds. The highest BCUT2D eigenvalue weighted by molar-refractivity contribution is 5.97. The number of hydrogen-bond donors (Lipinski definition) is 0. The molecule has 0 bridgehead atoms. The topological polar surface area (TPSA) is 107 Å². The lowest BCUT2D eigenvalue weighted by Gasteiger charge is -2.59. The molecule has 12 nitrogen and oxygen atoms in total. The van der Waals surface area contributed by atoms with Gasteiger partial charge in [0.2, 0.25) is 5.91 Å². The molecule has 4 heterocycles. The maximum absolute atomic E-state index is 14.3. The molecular formula is C37H49FN8O4. The SMILES string of the molecule is CCN(C(=O)c1cc(F)ccc1Oc1cncnc1N1CC2(CC(Oc3ccnc4c3CN(CCN(C)C(=O)CN(C)C)CC4)C2)C1)C(C)C. The van der Waals surface area contributed by atoms with E-state index in [9.17, 15) is 14.0 Å². The van der Waals surface area contributed by atoms with Gasteiger partial charge in [-0.2, -0.15) is 0 Å². The van der Waals surface area contributed by atoms with E-state index in [1.54, 1.807) is 16.0 Å². The second-order valence-electron chi connectivity index (χ2n) is 14.5. The van der Waals surface area contributed by atoms with E-state index in [4.69, 9.17) is 9.47 Å². The van der Waals surface area contributed by atoms with Gasteiger partial charge in [-0.25, -0.2) is 14.4 Å². The number of anilines is 1. The predicted octanol–water partition coefficient (Wildman–Crippen LogP) is 4.10. The summed E-state index contributed by atoms with van der Waals surface area (Å²) >= 11 is 0. The molecule has 1 aromatic carbocycles. The first kappa shape index (κ1) is 35.5. The number of amides is 2. The summed E-state index contributed by atoms with van der Waals surface area (Å²) in [7, 11) is 5.68. The van der Waals surface area contributed by atoms with Crippen LogP contribution >= 0.6 is 0 Å². The van der Waals surface area contributed by atoms with Crippen LogP contribution in [0.25, 0.3) is 0 Å². The van der Waals surface area contributed by atoms with Crippen LogP contribution in [0.15, 0.2) is 43.0 Å². The van der Waals surface area contributed by atoms with Gasteiger partial charge in [0.05, 0.1) is 18.3 Å². The van der Waals surface area contributed by atoms with E-state index in [1.165, 1.54) is 24.5 Å². The Balaban J connectivity index is 1.05. The molecule has 2 aromatic heterocycles. The summed E-state index contributed by atoms with van der Waals surface area (Å²) < 4.78 is 27.2. The van der Waals surface area contributed by atoms with Gasteiger partial charge in [0.15, 0.2) is 11.6 Å². The number of halogens is 1. The minimum Gasteiger partial charge on any atom is -0.490 e. The Hall–Kier alpha value is -4.36. The zero-order chi connectivity index (χ0) is 35.6. The highest BCUT2D eigenvalue weighted by atomic mass is 19.1. The Morgan fingerprint density at radius 1 is 1.08 bits per heavy atom. The molecule has 50 heavy (non-hydrogen) atoms. The van der Waals surface area contributed by atoms with Crippen LogP contribution in [0.3, 0.4) is 0 Å². The van der Waals surface area contributed by atoms with Gasteiger partial charge in [0.1, 0.15) is 29.7 Å². The van der Waals surface area contributed by atoms with Crippen molar-refractivity contribution < 1.29 is 23.5 Å². The highest BCUT2D eigenvalue weighted by Crippen LogP contribution is 2.52. The van der Waals surface area contributed by atoms with Gasteiger partial charge in [-0.1, -0.05) is 0 Å². The molecule has 3 aromatic rings. The van der Waals surface area contributed by atoms with E-state index in [0.29, 0.717) is 31.2 Å². The summed E-state index contributed by atoms with van der Waals surface area (Å²) in [5, 5.41) is 0. The van der Waals surface area contributed by atoms with E-state index < -0.39 is 5.82 Å². The molecule has 0 atom stereocenters. The smallest absolute Gasteiger partial charge is 0.257 e. The van der Waals surface area contributed by atoms with Crippen molar-refractivity contribution in [3.8, 4) is 17.2 Å². The van der Waals surface area contributed by atoms with Crippen LogP contribution in [-0.4, -0.2) is 125 Å². The van der Waals surface area contributed by atoms with Gasteiger partial charge in [0.25, 0.3) is 5.91 Å². The van der Waals surface area contributed by atoms with E-state index in [2.05, 4.69) is 24.8 Å².